The van der Waals surface area contributed by atoms with Gasteiger partial charge in [0.2, 0.25) is 0 Å². The van der Waals surface area contributed by atoms with E-state index in [1.807, 2.05) is 37.3 Å². The Kier molecular flexibility index (Phi) is 6.60. The van der Waals surface area contributed by atoms with Gasteiger partial charge < -0.3 is 15.7 Å². The van der Waals surface area contributed by atoms with Crippen LogP contribution in [0.5, 0.6) is 0 Å². The molecule has 0 saturated heterocycles. The second-order valence-electron chi connectivity index (χ2n) is 5.81. The lowest BCUT2D eigenvalue weighted by molar-refractivity contribution is -0.140. The van der Waals surface area contributed by atoms with Crippen molar-refractivity contribution >= 4 is 17.3 Å². The third-order valence-electron chi connectivity index (χ3n) is 3.55. The zero-order chi connectivity index (χ0) is 19.2. The summed E-state index contributed by atoms with van der Waals surface area (Å²) in [6, 6.07) is 9.18. The molecule has 2 rings (SSSR count). The number of hydrogen-bond acceptors (Lipinski definition) is 4. The molecule has 1 aromatic heterocycles. The number of nitrogens with one attached hydrogen (secondary N) is 2. The number of aliphatic hydroxyl groups is 1. The lowest BCUT2D eigenvalue weighted by Gasteiger charge is -2.25. The van der Waals surface area contributed by atoms with Crippen LogP contribution in [0, 0.1) is 0 Å². The molecule has 0 amide bonds. The minimum Gasteiger partial charge on any atom is -0.384 e. The van der Waals surface area contributed by atoms with Gasteiger partial charge in [0.1, 0.15) is 10.6 Å². The van der Waals surface area contributed by atoms with Gasteiger partial charge in [0.15, 0.2) is 11.7 Å². The highest BCUT2D eigenvalue weighted by molar-refractivity contribution is 7.09. The molecule has 0 bridgehead atoms. The van der Waals surface area contributed by atoms with E-state index in [4.69, 9.17) is 0 Å². The number of nitrogens with zero attached hydrogens (tertiary/aromatic N) is 2. The average molecular weight is 386 g/mol. The van der Waals surface area contributed by atoms with Gasteiger partial charge in [0, 0.05) is 11.9 Å². The van der Waals surface area contributed by atoms with Gasteiger partial charge in [-0.3, -0.25) is 0 Å². The van der Waals surface area contributed by atoms with Crippen LogP contribution in [0.1, 0.15) is 30.1 Å². The fraction of sp³-hybridized carbons (Fsp3) is 0.412. The number of thiazole rings is 1. The molecule has 0 radical (unpaired) electrons. The summed E-state index contributed by atoms with van der Waals surface area (Å²) in [6.07, 6.45) is -4.45. The number of halogens is 3. The second-order valence-corrected chi connectivity index (χ2v) is 6.76. The Morgan fingerprint density at radius 2 is 1.92 bits per heavy atom. The van der Waals surface area contributed by atoms with Crippen LogP contribution in [-0.4, -0.2) is 29.1 Å². The zero-order valence-electron chi connectivity index (χ0n) is 14.5. The molecule has 5 nitrogen and oxygen atoms in total. The Balaban J connectivity index is 2.01. The summed E-state index contributed by atoms with van der Waals surface area (Å²) in [6.45, 7) is 4.33. The van der Waals surface area contributed by atoms with E-state index >= 15 is 0 Å². The standard InChI is InChI=1S/C17H21F3N4OS/c1-3-21-15(22-9-14-24-13(10-26-14)17(18,19)20)23-11-16(2,25)12-7-5-4-6-8-12/h4-8,10,25H,3,9,11H2,1-2H3,(H2,21,22,23). The normalized spacial score (nSPS) is 14.8. The van der Waals surface area contributed by atoms with Gasteiger partial charge in [-0.05, 0) is 19.4 Å². The zero-order valence-corrected chi connectivity index (χ0v) is 15.3. The summed E-state index contributed by atoms with van der Waals surface area (Å²) < 4.78 is 37.8. The first-order chi connectivity index (χ1) is 12.2. The Morgan fingerprint density at radius 3 is 2.50 bits per heavy atom. The third kappa shape index (κ3) is 5.70. The molecule has 1 atom stereocenters. The highest BCUT2D eigenvalue weighted by Crippen LogP contribution is 2.30. The summed E-state index contributed by atoms with van der Waals surface area (Å²) in [5, 5.41) is 17.9. The molecule has 142 valence electrons. The van der Waals surface area contributed by atoms with Gasteiger partial charge in [0.05, 0.1) is 13.1 Å². The van der Waals surface area contributed by atoms with E-state index in [9.17, 15) is 18.3 Å². The number of aliphatic imine (C=N–C) groups is 1. The van der Waals surface area contributed by atoms with E-state index in [2.05, 4.69) is 20.6 Å². The number of hydrogen-bond donors (Lipinski definition) is 3. The van der Waals surface area contributed by atoms with E-state index in [0.717, 1.165) is 22.3 Å². The van der Waals surface area contributed by atoms with Crippen LogP contribution in [0.4, 0.5) is 13.2 Å². The Hall–Kier alpha value is -2.13. The van der Waals surface area contributed by atoms with Crippen molar-refractivity contribution in [3.63, 3.8) is 0 Å². The predicted molar refractivity (Wildman–Crippen MR) is 95.9 cm³/mol. The SMILES string of the molecule is CCNC(=NCc1nc(C(F)(F)F)cs1)NCC(C)(O)c1ccccc1. The van der Waals surface area contributed by atoms with Crippen molar-refractivity contribution in [2.45, 2.75) is 32.2 Å². The Labute approximate surface area is 154 Å². The lowest BCUT2D eigenvalue weighted by Crippen LogP contribution is -2.44. The number of rotatable bonds is 6. The highest BCUT2D eigenvalue weighted by atomic mass is 32.1. The van der Waals surface area contributed by atoms with E-state index in [0.29, 0.717) is 12.5 Å². The smallest absolute Gasteiger partial charge is 0.384 e. The summed E-state index contributed by atoms with van der Waals surface area (Å²) >= 11 is 0.914. The number of benzene rings is 1. The van der Waals surface area contributed by atoms with E-state index in [1.54, 1.807) is 6.92 Å². The molecule has 0 aliphatic carbocycles. The predicted octanol–water partition coefficient (Wildman–Crippen LogP) is 3.12. The van der Waals surface area contributed by atoms with Gasteiger partial charge in [-0.25, -0.2) is 9.98 Å². The van der Waals surface area contributed by atoms with Gasteiger partial charge >= 0.3 is 6.18 Å². The molecule has 3 N–H and O–H groups in total. The maximum Gasteiger partial charge on any atom is 0.434 e. The lowest BCUT2D eigenvalue weighted by atomic mass is 9.96. The second kappa shape index (κ2) is 8.50. The van der Waals surface area contributed by atoms with Crippen LogP contribution >= 0.6 is 11.3 Å². The van der Waals surface area contributed by atoms with Gasteiger partial charge in [-0.2, -0.15) is 13.2 Å². The average Bonchev–Trinajstić information content (AvgIpc) is 3.07. The fourth-order valence-corrected chi connectivity index (χ4v) is 2.88. The molecule has 0 saturated carbocycles. The van der Waals surface area contributed by atoms with Crippen molar-refractivity contribution in [2.75, 3.05) is 13.1 Å². The van der Waals surface area contributed by atoms with Crippen molar-refractivity contribution in [3.8, 4) is 0 Å². The molecule has 9 heteroatoms. The first-order valence-electron chi connectivity index (χ1n) is 8.04. The molecule has 1 heterocycles. The van der Waals surface area contributed by atoms with Crippen LogP contribution in [0.3, 0.4) is 0 Å². The molecular formula is C17H21F3N4OS. The quantitative estimate of drug-likeness (QED) is 0.527. The van der Waals surface area contributed by atoms with E-state index in [-0.39, 0.29) is 18.1 Å². The van der Waals surface area contributed by atoms with E-state index in [1.165, 1.54) is 0 Å². The van der Waals surface area contributed by atoms with Crippen LogP contribution in [0.15, 0.2) is 40.7 Å². The molecule has 2 aromatic rings. The van der Waals surface area contributed by atoms with Crippen LogP contribution < -0.4 is 10.6 Å². The Morgan fingerprint density at radius 1 is 1.23 bits per heavy atom. The van der Waals surface area contributed by atoms with Crippen molar-refractivity contribution < 1.29 is 18.3 Å². The van der Waals surface area contributed by atoms with Crippen LogP contribution in [-0.2, 0) is 18.3 Å². The minimum absolute atomic E-state index is 0.0174. The first-order valence-corrected chi connectivity index (χ1v) is 8.92. The third-order valence-corrected chi connectivity index (χ3v) is 4.39. The highest BCUT2D eigenvalue weighted by Gasteiger charge is 2.33. The molecule has 1 unspecified atom stereocenters. The monoisotopic (exact) mass is 386 g/mol. The largest absolute Gasteiger partial charge is 0.434 e. The van der Waals surface area contributed by atoms with Gasteiger partial charge in [-0.15, -0.1) is 11.3 Å². The molecule has 26 heavy (non-hydrogen) atoms. The van der Waals surface area contributed by atoms with Crippen molar-refractivity contribution in [1.29, 1.82) is 0 Å². The maximum absolute atomic E-state index is 12.6. The van der Waals surface area contributed by atoms with Gasteiger partial charge in [-0.1, -0.05) is 30.3 Å². The molecule has 0 spiro atoms. The molecule has 0 aliphatic heterocycles. The van der Waals surface area contributed by atoms with E-state index < -0.39 is 17.5 Å². The topological polar surface area (TPSA) is 69.5 Å². The molecule has 1 aromatic carbocycles. The minimum atomic E-state index is -4.45. The van der Waals surface area contributed by atoms with Crippen molar-refractivity contribution in [1.82, 2.24) is 15.6 Å². The van der Waals surface area contributed by atoms with Crippen molar-refractivity contribution in [3.05, 3.63) is 52.0 Å². The number of aromatic nitrogens is 1. The fourth-order valence-electron chi connectivity index (χ4n) is 2.16. The van der Waals surface area contributed by atoms with Gasteiger partial charge in [0.25, 0.3) is 0 Å². The summed E-state index contributed by atoms with van der Waals surface area (Å²) in [4.78, 5) is 7.79. The molecule has 0 fully saturated rings. The first kappa shape index (κ1) is 20.2. The molecule has 0 aliphatic rings. The van der Waals surface area contributed by atoms with Crippen LogP contribution in [0.2, 0.25) is 0 Å². The number of guanidine groups is 1. The Bertz CT molecular complexity index is 729. The molecular weight excluding hydrogens is 365 g/mol. The van der Waals surface area contributed by atoms with Crippen molar-refractivity contribution in [2.24, 2.45) is 4.99 Å². The summed E-state index contributed by atoms with van der Waals surface area (Å²) in [5.41, 5.74) is -1.28. The van der Waals surface area contributed by atoms with Crippen LogP contribution in [0.25, 0.3) is 0 Å². The maximum atomic E-state index is 12.6. The number of alkyl halides is 3. The summed E-state index contributed by atoms with van der Waals surface area (Å²) in [5.74, 6) is 0.396. The summed E-state index contributed by atoms with van der Waals surface area (Å²) in [7, 11) is 0.